The Balaban J connectivity index is 1.61. The topological polar surface area (TPSA) is 27.7 Å². The van der Waals surface area contributed by atoms with E-state index in [0.29, 0.717) is 11.8 Å². The molecule has 0 heterocycles. The molecule has 6 atom stereocenters. The third kappa shape index (κ3) is 3.28. The van der Waals surface area contributed by atoms with E-state index >= 15 is 0 Å². The molecule has 0 spiro atoms. The normalized spacial score (nSPS) is 38.1. The summed E-state index contributed by atoms with van der Waals surface area (Å²) in [5, 5.41) is 0. The Bertz CT molecular complexity index is 697. The van der Waals surface area contributed by atoms with Gasteiger partial charge in [0.1, 0.15) is 5.75 Å². The molecule has 0 saturated heterocycles. The minimum absolute atomic E-state index is 0.238. The van der Waals surface area contributed by atoms with Gasteiger partial charge in [0.2, 0.25) is 8.32 Å². The van der Waals surface area contributed by atoms with Crippen molar-refractivity contribution in [1.82, 2.24) is 0 Å². The molecule has 2 saturated carbocycles. The van der Waals surface area contributed by atoms with Gasteiger partial charge in [0.15, 0.2) is 0 Å². The molecule has 0 bridgehead atoms. The Labute approximate surface area is 165 Å². The average Bonchev–Trinajstić information content (AvgIpc) is 2.91. The van der Waals surface area contributed by atoms with Gasteiger partial charge in [0.25, 0.3) is 0 Å². The first kappa shape index (κ1) is 19.5. The van der Waals surface area contributed by atoms with Crippen molar-refractivity contribution in [3.63, 3.8) is 0 Å². The molecule has 27 heavy (non-hydrogen) atoms. The highest BCUT2D eigenvalue weighted by molar-refractivity contribution is 6.70. The summed E-state index contributed by atoms with van der Waals surface area (Å²) in [5.74, 6) is 3.24. The van der Waals surface area contributed by atoms with E-state index in [4.69, 9.17) is 13.9 Å². The third-order valence-electron chi connectivity index (χ3n) is 7.59. The van der Waals surface area contributed by atoms with Crippen molar-refractivity contribution in [3.8, 4) is 5.75 Å². The van der Waals surface area contributed by atoms with Gasteiger partial charge in [0, 0.05) is 14.2 Å². The quantitative estimate of drug-likeness (QED) is 0.647. The molecular weight excluding hydrogens is 352 g/mol. The van der Waals surface area contributed by atoms with Crippen LogP contribution in [0.25, 0.3) is 0 Å². The van der Waals surface area contributed by atoms with Gasteiger partial charge in [-0.1, -0.05) is 13.0 Å². The fourth-order valence-electron chi connectivity index (χ4n) is 6.56. The molecular formula is C23H36O3Si. The maximum absolute atomic E-state index is 6.25. The molecule has 0 aromatic heterocycles. The van der Waals surface area contributed by atoms with Gasteiger partial charge in [-0.2, -0.15) is 0 Å². The highest BCUT2D eigenvalue weighted by atomic mass is 28.4. The van der Waals surface area contributed by atoms with Crippen LogP contribution in [0.3, 0.4) is 0 Å². The molecule has 0 N–H and O–H groups in total. The van der Waals surface area contributed by atoms with Crippen molar-refractivity contribution in [2.75, 3.05) is 14.2 Å². The lowest BCUT2D eigenvalue weighted by molar-refractivity contribution is -0.0832. The van der Waals surface area contributed by atoms with Crippen molar-refractivity contribution >= 4 is 8.32 Å². The Morgan fingerprint density at radius 2 is 1.85 bits per heavy atom. The minimum Gasteiger partial charge on any atom is -0.544 e. The van der Waals surface area contributed by atoms with Gasteiger partial charge >= 0.3 is 0 Å². The number of methoxy groups -OCH3 is 2. The summed E-state index contributed by atoms with van der Waals surface area (Å²) in [6.07, 6.45) is 6.63. The first-order valence-corrected chi connectivity index (χ1v) is 14.0. The fraction of sp³-hybridized carbons (Fsp3) is 0.739. The van der Waals surface area contributed by atoms with E-state index in [9.17, 15) is 0 Å². The predicted octanol–water partition coefficient (Wildman–Crippen LogP) is 5.40. The second kappa shape index (κ2) is 6.89. The minimum atomic E-state index is -1.56. The van der Waals surface area contributed by atoms with Gasteiger partial charge in [-0.3, -0.25) is 0 Å². The maximum Gasteiger partial charge on any atom is 0.242 e. The van der Waals surface area contributed by atoms with Crippen LogP contribution in [0.4, 0.5) is 0 Å². The molecule has 4 rings (SSSR count). The molecule has 2 fully saturated rings. The van der Waals surface area contributed by atoms with Crippen LogP contribution in [0.2, 0.25) is 19.6 Å². The SMILES string of the molecule is COC1CC2C3CCc4cc(O[Si](C)(C)C)ccc4C3CCC2(C)C1OC. The molecule has 3 aliphatic carbocycles. The van der Waals surface area contributed by atoms with Crippen molar-refractivity contribution in [2.24, 2.45) is 17.3 Å². The van der Waals surface area contributed by atoms with E-state index in [0.717, 1.165) is 18.1 Å². The van der Waals surface area contributed by atoms with E-state index in [2.05, 4.69) is 44.8 Å². The molecule has 0 aliphatic heterocycles. The van der Waals surface area contributed by atoms with Crippen LogP contribution in [-0.4, -0.2) is 34.7 Å². The zero-order valence-electron chi connectivity index (χ0n) is 17.9. The molecule has 0 amide bonds. The van der Waals surface area contributed by atoms with Crippen molar-refractivity contribution in [2.45, 2.75) is 76.8 Å². The first-order chi connectivity index (χ1) is 12.8. The van der Waals surface area contributed by atoms with Gasteiger partial charge in [-0.25, -0.2) is 0 Å². The molecule has 0 radical (unpaired) electrons. The second-order valence-electron chi connectivity index (χ2n) is 10.2. The highest BCUT2D eigenvalue weighted by Gasteiger charge is 2.58. The van der Waals surface area contributed by atoms with E-state index in [1.165, 1.54) is 31.2 Å². The van der Waals surface area contributed by atoms with Crippen molar-refractivity contribution < 1.29 is 13.9 Å². The highest BCUT2D eigenvalue weighted by Crippen LogP contribution is 2.61. The van der Waals surface area contributed by atoms with Gasteiger partial charge in [-0.05, 0) is 98.2 Å². The van der Waals surface area contributed by atoms with Crippen LogP contribution >= 0.6 is 0 Å². The summed E-state index contributed by atoms with van der Waals surface area (Å²) >= 11 is 0. The lowest BCUT2D eigenvalue weighted by atomic mass is 9.55. The van der Waals surface area contributed by atoms with Crippen LogP contribution in [-0.2, 0) is 15.9 Å². The molecule has 6 unspecified atom stereocenters. The van der Waals surface area contributed by atoms with Gasteiger partial charge in [-0.15, -0.1) is 0 Å². The number of benzene rings is 1. The summed E-state index contributed by atoms with van der Waals surface area (Å²) < 4.78 is 18.1. The number of hydrogen-bond acceptors (Lipinski definition) is 3. The zero-order valence-corrected chi connectivity index (χ0v) is 18.9. The molecule has 4 heteroatoms. The number of ether oxygens (including phenoxy) is 2. The van der Waals surface area contributed by atoms with Crippen molar-refractivity contribution in [3.05, 3.63) is 29.3 Å². The monoisotopic (exact) mass is 388 g/mol. The molecule has 1 aromatic rings. The van der Waals surface area contributed by atoms with Crippen LogP contribution in [0.5, 0.6) is 5.75 Å². The number of hydrogen-bond donors (Lipinski definition) is 0. The Morgan fingerprint density at radius 1 is 1.07 bits per heavy atom. The summed E-state index contributed by atoms with van der Waals surface area (Å²) in [6.45, 7) is 9.22. The van der Waals surface area contributed by atoms with E-state index < -0.39 is 8.32 Å². The van der Waals surface area contributed by atoms with E-state index in [-0.39, 0.29) is 17.6 Å². The first-order valence-electron chi connectivity index (χ1n) is 10.6. The van der Waals surface area contributed by atoms with Crippen molar-refractivity contribution in [1.29, 1.82) is 0 Å². The number of fused-ring (bicyclic) bond motifs is 5. The molecule has 1 aromatic carbocycles. The largest absolute Gasteiger partial charge is 0.544 e. The zero-order chi connectivity index (χ0) is 19.4. The van der Waals surface area contributed by atoms with Gasteiger partial charge in [0.05, 0.1) is 12.2 Å². The van der Waals surface area contributed by atoms with Crippen LogP contribution < -0.4 is 4.43 Å². The van der Waals surface area contributed by atoms with E-state index in [1.807, 2.05) is 14.2 Å². The predicted molar refractivity (Wildman–Crippen MR) is 112 cm³/mol. The lowest BCUT2D eigenvalue weighted by Gasteiger charge is -2.50. The average molecular weight is 389 g/mol. The lowest BCUT2D eigenvalue weighted by Crippen LogP contribution is -2.45. The fourth-order valence-corrected chi connectivity index (χ4v) is 7.39. The Morgan fingerprint density at radius 3 is 2.52 bits per heavy atom. The molecule has 3 nitrogen and oxygen atoms in total. The third-order valence-corrected chi connectivity index (χ3v) is 8.44. The van der Waals surface area contributed by atoms with Gasteiger partial charge < -0.3 is 13.9 Å². The molecule has 3 aliphatic rings. The Kier molecular flexibility index (Phi) is 4.97. The summed E-state index contributed by atoms with van der Waals surface area (Å²) in [7, 11) is 2.16. The number of rotatable bonds is 4. The summed E-state index contributed by atoms with van der Waals surface area (Å²) in [5.41, 5.74) is 3.38. The standard InChI is InChI=1S/C23H36O3Si/c1-23-12-11-18-17-10-8-16(26-27(4,5)6)13-15(17)7-9-19(18)20(23)14-21(24-2)22(23)25-3/h8,10,13,18-22H,7,9,11-12,14H2,1-6H3. The maximum atomic E-state index is 6.25. The van der Waals surface area contributed by atoms with Crippen LogP contribution in [0.15, 0.2) is 18.2 Å². The summed E-state index contributed by atoms with van der Waals surface area (Å²) in [6, 6.07) is 6.93. The van der Waals surface area contributed by atoms with Crippen LogP contribution in [0, 0.1) is 17.3 Å². The number of aryl methyl sites for hydroxylation is 1. The summed E-state index contributed by atoms with van der Waals surface area (Å²) in [4.78, 5) is 0. The Hall–Kier alpha value is -0.843. The van der Waals surface area contributed by atoms with E-state index in [1.54, 1.807) is 5.56 Å². The molecule has 150 valence electrons. The second-order valence-corrected chi connectivity index (χ2v) is 14.6. The smallest absolute Gasteiger partial charge is 0.242 e. The van der Waals surface area contributed by atoms with Crippen LogP contribution in [0.1, 0.15) is 49.7 Å².